The van der Waals surface area contributed by atoms with E-state index in [2.05, 4.69) is 25.7 Å². The van der Waals surface area contributed by atoms with Crippen LogP contribution in [0.1, 0.15) is 0 Å². The van der Waals surface area contributed by atoms with Crippen molar-refractivity contribution in [2.24, 2.45) is 0 Å². The quantitative estimate of drug-likeness (QED) is 0.376. The van der Waals surface area contributed by atoms with E-state index in [-0.39, 0.29) is 8.80 Å². The smallest absolute Gasteiger partial charge is 0.0526 e. The van der Waals surface area contributed by atoms with Crippen LogP contribution in [0.25, 0.3) is 0 Å². The summed E-state index contributed by atoms with van der Waals surface area (Å²) in [7, 11) is -0.00977. The molecule has 0 aromatic carbocycles. The number of thiol groups is 1. The van der Waals surface area contributed by atoms with Gasteiger partial charge in [0.25, 0.3) is 0 Å². The van der Waals surface area contributed by atoms with Gasteiger partial charge in [0.15, 0.2) is 0 Å². The maximum Gasteiger partial charge on any atom is 0.0526 e. The van der Waals surface area contributed by atoms with Gasteiger partial charge in [-0.25, -0.2) is 0 Å². The highest BCUT2D eigenvalue weighted by molar-refractivity contribution is 7.82. The Hall–Kier alpha value is 0.567. The lowest BCUT2D eigenvalue weighted by Gasteiger charge is -1.86. The molecule has 1 radical (unpaired) electrons. The first-order chi connectivity index (χ1) is 2.27. The van der Waals surface area contributed by atoms with Crippen LogP contribution in [-0.4, -0.2) is 14.2 Å². The number of hydrogen-bond donors (Lipinski definition) is 1. The molecular formula is C3H9SSi. The van der Waals surface area contributed by atoms with E-state index in [9.17, 15) is 0 Å². The van der Waals surface area contributed by atoms with Gasteiger partial charge in [-0.2, -0.15) is 12.6 Å². The standard InChI is InChI=1S/C3H9SSi/c1-5(2)3-4/h4H,3H2,1-2H3. The molecule has 0 nitrogen and oxygen atoms in total. The summed E-state index contributed by atoms with van der Waals surface area (Å²) < 4.78 is 0. The molecule has 0 aromatic heterocycles. The SMILES string of the molecule is C[Si](C)CS. The largest absolute Gasteiger partial charge is 0.183 e. The summed E-state index contributed by atoms with van der Waals surface area (Å²) in [5, 5.41) is 1.10. The van der Waals surface area contributed by atoms with Gasteiger partial charge in [-0.1, -0.05) is 13.1 Å². The fourth-order valence-electron chi connectivity index (χ4n) is 0. The van der Waals surface area contributed by atoms with E-state index in [1.165, 1.54) is 0 Å². The van der Waals surface area contributed by atoms with Crippen LogP contribution >= 0.6 is 12.6 Å². The van der Waals surface area contributed by atoms with Gasteiger partial charge >= 0.3 is 0 Å². The molecule has 0 aliphatic heterocycles. The van der Waals surface area contributed by atoms with E-state index in [1.807, 2.05) is 0 Å². The summed E-state index contributed by atoms with van der Waals surface area (Å²) in [4.78, 5) is 0. The van der Waals surface area contributed by atoms with Crippen LogP contribution in [-0.2, 0) is 0 Å². The minimum Gasteiger partial charge on any atom is -0.183 e. The van der Waals surface area contributed by atoms with E-state index < -0.39 is 0 Å². The molecule has 0 amide bonds. The molecule has 0 unspecified atom stereocenters. The summed E-state index contributed by atoms with van der Waals surface area (Å²) >= 11 is 4.06. The summed E-state index contributed by atoms with van der Waals surface area (Å²) in [6, 6.07) is 0. The van der Waals surface area contributed by atoms with Crippen LogP contribution in [0.5, 0.6) is 0 Å². The molecular weight excluding hydrogens is 96.2 g/mol. The third-order valence-corrected chi connectivity index (χ3v) is 2.85. The molecule has 0 fully saturated rings. The molecule has 0 heterocycles. The van der Waals surface area contributed by atoms with Crippen molar-refractivity contribution < 1.29 is 0 Å². The summed E-state index contributed by atoms with van der Waals surface area (Å²) in [6.07, 6.45) is 0. The molecule has 0 aromatic rings. The van der Waals surface area contributed by atoms with Crippen molar-refractivity contribution in [3.05, 3.63) is 0 Å². The van der Waals surface area contributed by atoms with Gasteiger partial charge in [-0.15, -0.1) is 0 Å². The van der Waals surface area contributed by atoms with Crippen molar-refractivity contribution in [2.45, 2.75) is 13.1 Å². The maximum atomic E-state index is 4.06. The molecule has 5 heavy (non-hydrogen) atoms. The van der Waals surface area contributed by atoms with Crippen LogP contribution in [0.2, 0.25) is 13.1 Å². The van der Waals surface area contributed by atoms with Crippen molar-refractivity contribution in [1.82, 2.24) is 0 Å². The fourth-order valence-corrected chi connectivity index (χ4v) is 0. The zero-order chi connectivity index (χ0) is 4.28. The number of hydrogen-bond acceptors (Lipinski definition) is 1. The van der Waals surface area contributed by atoms with Crippen molar-refractivity contribution in [2.75, 3.05) is 5.38 Å². The average molecular weight is 105 g/mol. The highest BCUT2D eigenvalue weighted by Crippen LogP contribution is 1.79. The number of rotatable bonds is 1. The van der Waals surface area contributed by atoms with Crippen LogP contribution in [0, 0.1) is 0 Å². The summed E-state index contributed by atoms with van der Waals surface area (Å²) in [6.45, 7) is 4.50. The molecule has 0 aliphatic carbocycles. The molecule has 0 rings (SSSR count). The van der Waals surface area contributed by atoms with Gasteiger partial charge in [0.2, 0.25) is 0 Å². The molecule has 0 bridgehead atoms. The second-order valence-electron chi connectivity index (χ2n) is 1.37. The highest BCUT2D eigenvalue weighted by Gasteiger charge is 1.84. The van der Waals surface area contributed by atoms with Crippen LogP contribution in [0.15, 0.2) is 0 Å². The van der Waals surface area contributed by atoms with E-state index in [4.69, 9.17) is 0 Å². The summed E-state index contributed by atoms with van der Waals surface area (Å²) in [5.41, 5.74) is 0. The molecule has 0 spiro atoms. The van der Waals surface area contributed by atoms with Gasteiger partial charge < -0.3 is 0 Å². The Kier molecular flexibility index (Phi) is 3.10. The van der Waals surface area contributed by atoms with Gasteiger partial charge in [-0.3, -0.25) is 0 Å². The van der Waals surface area contributed by atoms with E-state index in [0.717, 1.165) is 5.38 Å². The second-order valence-corrected chi connectivity index (χ2v) is 5.04. The summed E-state index contributed by atoms with van der Waals surface area (Å²) in [5.74, 6) is 0. The van der Waals surface area contributed by atoms with Crippen molar-refractivity contribution in [1.29, 1.82) is 0 Å². The van der Waals surface area contributed by atoms with Gasteiger partial charge in [-0.05, 0) is 5.38 Å². The molecule has 0 atom stereocenters. The third-order valence-electron chi connectivity index (χ3n) is 0.316. The predicted molar refractivity (Wildman–Crippen MR) is 31.3 cm³/mol. The average Bonchev–Trinajstić information content (AvgIpc) is 1.38. The lowest BCUT2D eigenvalue weighted by atomic mass is 11.8. The Bertz CT molecular complexity index is 20.9. The van der Waals surface area contributed by atoms with Gasteiger partial charge in [0.05, 0.1) is 8.80 Å². The Morgan fingerprint density at radius 2 is 1.80 bits per heavy atom. The Morgan fingerprint density at radius 1 is 1.60 bits per heavy atom. The predicted octanol–water partition coefficient (Wildman–Crippen LogP) is 1.21. The molecule has 0 aliphatic rings. The Morgan fingerprint density at radius 3 is 1.80 bits per heavy atom. The van der Waals surface area contributed by atoms with Crippen molar-refractivity contribution >= 4 is 21.4 Å². The van der Waals surface area contributed by atoms with E-state index in [0.29, 0.717) is 0 Å². The Labute approximate surface area is 40.6 Å². The van der Waals surface area contributed by atoms with E-state index in [1.54, 1.807) is 0 Å². The minimum atomic E-state index is -0.00977. The van der Waals surface area contributed by atoms with Crippen molar-refractivity contribution in [3.8, 4) is 0 Å². The lowest BCUT2D eigenvalue weighted by Crippen LogP contribution is -1.99. The highest BCUT2D eigenvalue weighted by atomic mass is 32.1. The molecule has 2 heteroatoms. The molecule has 0 saturated heterocycles. The second kappa shape index (κ2) is 2.79. The van der Waals surface area contributed by atoms with Gasteiger partial charge in [0.1, 0.15) is 0 Å². The van der Waals surface area contributed by atoms with E-state index >= 15 is 0 Å². The van der Waals surface area contributed by atoms with Crippen molar-refractivity contribution in [3.63, 3.8) is 0 Å². The van der Waals surface area contributed by atoms with Gasteiger partial charge in [0, 0.05) is 0 Å². The zero-order valence-electron chi connectivity index (χ0n) is 3.65. The third kappa shape index (κ3) is 4.57. The van der Waals surface area contributed by atoms with Crippen LogP contribution in [0.4, 0.5) is 0 Å². The Balaban J connectivity index is 2.54. The monoisotopic (exact) mass is 105 g/mol. The molecule has 0 saturated carbocycles. The first kappa shape index (κ1) is 5.57. The first-order valence-electron chi connectivity index (χ1n) is 1.67. The topological polar surface area (TPSA) is 0 Å². The minimum absolute atomic E-state index is 0.00977. The maximum absolute atomic E-state index is 4.06. The fraction of sp³-hybridized carbons (Fsp3) is 1.00. The van der Waals surface area contributed by atoms with Crippen LogP contribution < -0.4 is 0 Å². The normalized spacial score (nSPS) is 9.60. The first-order valence-corrected chi connectivity index (χ1v) is 5.01. The molecule has 0 N–H and O–H groups in total. The molecule has 31 valence electrons. The zero-order valence-corrected chi connectivity index (χ0v) is 5.55. The van der Waals surface area contributed by atoms with Crippen LogP contribution in [0.3, 0.4) is 0 Å². The lowest BCUT2D eigenvalue weighted by molar-refractivity contribution is 1.88.